The molecule has 0 aliphatic rings. The Morgan fingerprint density at radius 1 is 1.44 bits per heavy atom. The summed E-state index contributed by atoms with van der Waals surface area (Å²) in [5.74, 6) is -0.908. The molecule has 1 aromatic carbocycles. The molecule has 0 fully saturated rings. The summed E-state index contributed by atoms with van der Waals surface area (Å²) in [6, 6.07) is 9.64. The van der Waals surface area contributed by atoms with Gasteiger partial charge in [-0.2, -0.15) is 5.26 Å². The number of nitriles is 1. The average molecular weight is 341 g/mol. The number of para-hydroxylation sites is 1. The van der Waals surface area contributed by atoms with Gasteiger partial charge in [0, 0.05) is 17.4 Å². The molecule has 130 valence electrons. The van der Waals surface area contributed by atoms with Crippen molar-refractivity contribution in [2.45, 2.75) is 26.8 Å². The number of hydrogen-bond acceptors (Lipinski definition) is 3. The highest BCUT2D eigenvalue weighted by atomic mass is 19.1. The molecule has 5 nitrogen and oxygen atoms in total. The molecule has 0 saturated carbocycles. The lowest BCUT2D eigenvalue weighted by molar-refractivity contribution is -0.117. The van der Waals surface area contributed by atoms with Gasteiger partial charge in [-0.3, -0.25) is 4.79 Å². The van der Waals surface area contributed by atoms with E-state index in [1.807, 2.05) is 13.0 Å². The Bertz CT molecular complexity index is 862. The van der Waals surface area contributed by atoms with Crippen LogP contribution in [0, 0.1) is 31.0 Å². The number of carbonyl (C=O) groups is 1. The van der Waals surface area contributed by atoms with Crippen molar-refractivity contribution < 1.29 is 14.3 Å². The number of nitrogens with zero attached hydrogens (tertiary/aromatic N) is 2. The number of benzene rings is 1. The van der Waals surface area contributed by atoms with E-state index >= 15 is 0 Å². The Kier molecular flexibility index (Phi) is 5.73. The molecule has 1 amide bonds. The zero-order valence-corrected chi connectivity index (χ0v) is 14.4. The second-order valence-electron chi connectivity index (χ2n) is 5.84. The Labute approximate surface area is 146 Å². The summed E-state index contributed by atoms with van der Waals surface area (Å²) >= 11 is 0. The summed E-state index contributed by atoms with van der Waals surface area (Å²) in [5, 5.41) is 20.8. The normalized spacial score (nSPS) is 12.6. The highest BCUT2D eigenvalue weighted by molar-refractivity contribution is 6.02. The molecule has 0 radical (unpaired) electrons. The minimum atomic E-state index is -0.556. The minimum absolute atomic E-state index is 0.0749. The summed E-state index contributed by atoms with van der Waals surface area (Å²) in [4.78, 5) is 12.1. The third kappa shape index (κ3) is 3.95. The molecule has 1 aromatic heterocycles. The first-order valence-electron chi connectivity index (χ1n) is 7.86. The molecule has 1 unspecified atom stereocenters. The fourth-order valence-corrected chi connectivity index (χ4v) is 2.59. The van der Waals surface area contributed by atoms with Gasteiger partial charge in [-0.25, -0.2) is 4.39 Å². The Morgan fingerprint density at radius 3 is 2.72 bits per heavy atom. The molecular formula is C19H20FN3O2. The standard InChI is InChI=1S/C19H20FN3O2/c1-12(11-24)22-19(25)16(10-21)9-15-8-13(2)23(14(15)3)18-7-5-4-6-17(18)20/h4-9,12,24H,11H2,1-3H3,(H,22,25)/b16-9+. The number of amides is 1. The van der Waals surface area contributed by atoms with E-state index in [1.165, 1.54) is 12.1 Å². The molecule has 2 rings (SSSR count). The smallest absolute Gasteiger partial charge is 0.262 e. The van der Waals surface area contributed by atoms with Crippen LogP contribution in [0.1, 0.15) is 23.9 Å². The maximum Gasteiger partial charge on any atom is 0.262 e. The first kappa shape index (κ1) is 18.4. The van der Waals surface area contributed by atoms with Gasteiger partial charge in [0.15, 0.2) is 0 Å². The Hall–Kier alpha value is -2.91. The highest BCUT2D eigenvalue weighted by Crippen LogP contribution is 2.24. The van der Waals surface area contributed by atoms with Crippen molar-refractivity contribution in [2.75, 3.05) is 6.61 Å². The Balaban J connectivity index is 2.44. The number of aryl methyl sites for hydroxylation is 1. The molecule has 6 heteroatoms. The van der Waals surface area contributed by atoms with Crippen LogP contribution in [0.25, 0.3) is 11.8 Å². The van der Waals surface area contributed by atoms with Gasteiger partial charge in [0.1, 0.15) is 17.5 Å². The van der Waals surface area contributed by atoms with Crippen molar-refractivity contribution in [3.05, 3.63) is 58.7 Å². The third-order valence-electron chi connectivity index (χ3n) is 3.88. The number of aromatic nitrogens is 1. The molecule has 0 aliphatic heterocycles. The largest absolute Gasteiger partial charge is 0.394 e. The number of aliphatic hydroxyl groups is 1. The van der Waals surface area contributed by atoms with Crippen LogP contribution in [0.2, 0.25) is 0 Å². The molecular weight excluding hydrogens is 321 g/mol. The van der Waals surface area contributed by atoms with Crippen LogP contribution in [0.3, 0.4) is 0 Å². The number of nitrogens with one attached hydrogen (secondary N) is 1. The van der Waals surface area contributed by atoms with Crippen molar-refractivity contribution in [1.29, 1.82) is 5.26 Å². The average Bonchev–Trinajstić information content (AvgIpc) is 2.86. The highest BCUT2D eigenvalue weighted by Gasteiger charge is 2.16. The third-order valence-corrected chi connectivity index (χ3v) is 3.88. The van der Waals surface area contributed by atoms with Crippen molar-refractivity contribution in [1.82, 2.24) is 9.88 Å². The van der Waals surface area contributed by atoms with Gasteiger partial charge in [-0.15, -0.1) is 0 Å². The summed E-state index contributed by atoms with van der Waals surface area (Å²) in [6.45, 7) is 5.05. The van der Waals surface area contributed by atoms with E-state index in [4.69, 9.17) is 5.11 Å². The predicted molar refractivity (Wildman–Crippen MR) is 93.5 cm³/mol. The number of carbonyl (C=O) groups excluding carboxylic acids is 1. The monoisotopic (exact) mass is 341 g/mol. The van der Waals surface area contributed by atoms with Crippen LogP contribution >= 0.6 is 0 Å². The second-order valence-corrected chi connectivity index (χ2v) is 5.84. The molecule has 2 aromatic rings. The van der Waals surface area contributed by atoms with E-state index in [2.05, 4.69) is 5.32 Å². The van der Waals surface area contributed by atoms with Crippen LogP contribution in [-0.4, -0.2) is 28.2 Å². The summed E-state index contributed by atoms with van der Waals surface area (Å²) in [7, 11) is 0. The lowest BCUT2D eigenvalue weighted by Crippen LogP contribution is -2.35. The van der Waals surface area contributed by atoms with Crippen molar-refractivity contribution >= 4 is 12.0 Å². The van der Waals surface area contributed by atoms with Crippen molar-refractivity contribution in [2.24, 2.45) is 0 Å². The maximum absolute atomic E-state index is 14.1. The summed E-state index contributed by atoms with van der Waals surface area (Å²) in [6.07, 6.45) is 1.47. The molecule has 2 N–H and O–H groups in total. The predicted octanol–water partition coefficient (Wildman–Crippen LogP) is 2.64. The summed E-state index contributed by atoms with van der Waals surface area (Å²) in [5.41, 5.74) is 2.50. The van der Waals surface area contributed by atoms with E-state index in [0.29, 0.717) is 11.3 Å². The Morgan fingerprint density at radius 2 is 2.12 bits per heavy atom. The zero-order valence-electron chi connectivity index (χ0n) is 14.4. The number of halogens is 1. The van der Waals surface area contributed by atoms with E-state index in [0.717, 1.165) is 11.4 Å². The molecule has 25 heavy (non-hydrogen) atoms. The van der Waals surface area contributed by atoms with E-state index < -0.39 is 11.9 Å². The minimum Gasteiger partial charge on any atom is -0.394 e. The second kappa shape index (κ2) is 7.77. The zero-order chi connectivity index (χ0) is 18.6. The quantitative estimate of drug-likeness (QED) is 0.648. The van der Waals surface area contributed by atoms with Gasteiger partial charge < -0.3 is 15.0 Å². The van der Waals surface area contributed by atoms with E-state index in [-0.39, 0.29) is 18.0 Å². The van der Waals surface area contributed by atoms with Crippen LogP contribution in [-0.2, 0) is 4.79 Å². The van der Waals surface area contributed by atoms with Gasteiger partial charge >= 0.3 is 0 Å². The van der Waals surface area contributed by atoms with Crippen LogP contribution in [0.15, 0.2) is 35.9 Å². The first-order chi connectivity index (χ1) is 11.9. The topological polar surface area (TPSA) is 78.1 Å². The van der Waals surface area contributed by atoms with Gasteiger partial charge in [0.2, 0.25) is 0 Å². The molecule has 0 saturated heterocycles. The number of hydrogen-bond donors (Lipinski definition) is 2. The first-order valence-corrected chi connectivity index (χ1v) is 7.86. The lowest BCUT2D eigenvalue weighted by Gasteiger charge is -2.11. The van der Waals surface area contributed by atoms with Crippen LogP contribution < -0.4 is 5.32 Å². The van der Waals surface area contributed by atoms with Gasteiger partial charge in [0.25, 0.3) is 5.91 Å². The maximum atomic E-state index is 14.1. The molecule has 0 bridgehead atoms. The van der Waals surface area contributed by atoms with Crippen molar-refractivity contribution in [3.8, 4) is 11.8 Å². The molecule has 0 spiro atoms. The summed E-state index contributed by atoms with van der Waals surface area (Å²) < 4.78 is 15.8. The van der Waals surface area contributed by atoms with Gasteiger partial charge in [0.05, 0.1) is 12.3 Å². The fraction of sp³-hybridized carbons (Fsp3) is 0.263. The van der Waals surface area contributed by atoms with Crippen molar-refractivity contribution in [3.63, 3.8) is 0 Å². The SMILES string of the molecule is Cc1cc(/C=C(\C#N)C(=O)NC(C)CO)c(C)n1-c1ccccc1F. The van der Waals surface area contributed by atoms with Crippen LogP contribution in [0.4, 0.5) is 4.39 Å². The lowest BCUT2D eigenvalue weighted by atomic mass is 10.1. The van der Waals surface area contributed by atoms with Gasteiger partial charge in [-0.05, 0) is 50.6 Å². The number of aliphatic hydroxyl groups excluding tert-OH is 1. The molecule has 0 aliphatic carbocycles. The van der Waals surface area contributed by atoms with E-state index in [1.54, 1.807) is 42.7 Å². The van der Waals surface area contributed by atoms with E-state index in [9.17, 15) is 14.4 Å². The molecule has 1 atom stereocenters. The van der Waals surface area contributed by atoms with Gasteiger partial charge in [-0.1, -0.05) is 12.1 Å². The fourth-order valence-electron chi connectivity index (χ4n) is 2.59. The number of rotatable bonds is 5. The molecule has 1 heterocycles. The van der Waals surface area contributed by atoms with Crippen LogP contribution in [0.5, 0.6) is 0 Å².